The Morgan fingerprint density at radius 1 is 0.371 bits per heavy atom. The molecule has 0 spiro atoms. The maximum atomic E-state index is 4.63. The predicted octanol–water partition coefficient (Wildman–Crippen LogP) is 16.1. The van der Waals surface area contributed by atoms with E-state index in [1.54, 1.807) is 0 Å². The van der Waals surface area contributed by atoms with Gasteiger partial charge in [-0.2, -0.15) is 20.5 Å². The summed E-state index contributed by atoms with van der Waals surface area (Å²) in [5.74, 6) is 0. The van der Waals surface area contributed by atoms with Crippen LogP contribution in [0.2, 0.25) is 0 Å². The van der Waals surface area contributed by atoms with Crippen LogP contribution in [0.1, 0.15) is 101 Å². The molecule has 0 atom stereocenters. The lowest BCUT2D eigenvalue weighted by Crippen LogP contribution is -2.25. The highest BCUT2D eigenvalue weighted by molar-refractivity contribution is 5.74. The fourth-order valence-corrected chi connectivity index (χ4v) is 6.90. The minimum Gasteiger partial charge on any atom is -0.372 e. The van der Waals surface area contributed by atoms with Gasteiger partial charge in [0, 0.05) is 49.9 Å². The molecule has 0 bridgehead atoms. The van der Waals surface area contributed by atoms with Crippen LogP contribution in [0.25, 0.3) is 35.7 Å². The second-order valence-corrected chi connectivity index (χ2v) is 15.6. The van der Waals surface area contributed by atoms with E-state index in [2.05, 4.69) is 177 Å². The van der Waals surface area contributed by atoms with E-state index in [0.29, 0.717) is 0 Å². The molecule has 2 aromatic heterocycles. The number of anilines is 2. The third-order valence-corrected chi connectivity index (χ3v) is 10.7. The Morgan fingerprint density at radius 2 is 0.661 bits per heavy atom. The minimum atomic E-state index is 0.813. The van der Waals surface area contributed by atoms with E-state index in [9.17, 15) is 0 Å². The van der Waals surface area contributed by atoms with E-state index < -0.39 is 0 Å². The van der Waals surface area contributed by atoms with Gasteiger partial charge in [-0.1, -0.05) is 102 Å². The molecular weight excluding hydrogens is 761 g/mol. The number of pyridine rings is 2. The van der Waals surface area contributed by atoms with Crippen LogP contribution in [-0.2, 0) is 0 Å². The Kier molecular flexibility index (Phi) is 17.9. The Morgan fingerprint density at radius 3 is 0.968 bits per heavy atom. The number of unbranched alkanes of at least 4 members (excludes halogenated alkanes) is 4. The maximum absolute atomic E-state index is 4.63. The van der Waals surface area contributed by atoms with Gasteiger partial charge < -0.3 is 9.80 Å². The van der Waals surface area contributed by atoms with Crippen LogP contribution in [-0.4, -0.2) is 36.1 Å². The highest BCUT2D eigenvalue weighted by Crippen LogP contribution is 2.26. The zero-order valence-electron chi connectivity index (χ0n) is 37.1. The van der Waals surface area contributed by atoms with Gasteiger partial charge in [0.05, 0.1) is 34.1 Å². The lowest BCUT2D eigenvalue weighted by atomic mass is 10.1. The average molecular weight is 823 g/mol. The van der Waals surface area contributed by atoms with Crippen LogP contribution < -0.4 is 9.80 Å². The van der Waals surface area contributed by atoms with Gasteiger partial charge in [0.1, 0.15) is 0 Å². The quantitative estimate of drug-likeness (QED) is 0.0603. The SMILES string of the molecule is CCCCN(CCCC)c1ccc(N=Nc2ccc(/C=C/c3ccnc(-c4cc(/C=C/c5ccc(N=Nc6ccc(N(CCCC)CCCC)cc6)cc5)ccn4)c3)cc2)cc1. The average Bonchev–Trinajstić information content (AvgIpc) is 3.33. The summed E-state index contributed by atoms with van der Waals surface area (Å²) >= 11 is 0. The first-order chi connectivity index (χ1) is 30.5. The molecule has 0 aliphatic rings. The third kappa shape index (κ3) is 14.3. The normalized spacial score (nSPS) is 11.7. The molecule has 6 aromatic rings. The largest absolute Gasteiger partial charge is 0.372 e. The zero-order valence-corrected chi connectivity index (χ0v) is 37.1. The van der Waals surface area contributed by atoms with Crippen molar-refractivity contribution in [1.82, 2.24) is 9.97 Å². The third-order valence-electron chi connectivity index (χ3n) is 10.7. The van der Waals surface area contributed by atoms with Gasteiger partial charge in [0.2, 0.25) is 0 Å². The standard InChI is InChI=1S/C54H62N8/c1-5-9-37-61(38-10-6-2)51-29-25-49(26-30-51)59-57-47-21-17-43(18-22-47)13-15-45-33-35-55-53(41-45)54-42-46(34-36-56-54)16-14-44-19-23-48(24-20-44)58-60-50-27-31-52(32-28-50)62(39-11-7-3)40-12-8-4/h13-36,41-42H,5-12,37-40H2,1-4H3/b15-13+,16-14+,59-57?,60-58?. The second kappa shape index (κ2) is 24.7. The van der Waals surface area contributed by atoms with Crippen molar-refractivity contribution in [3.63, 3.8) is 0 Å². The van der Waals surface area contributed by atoms with Gasteiger partial charge in [0.25, 0.3) is 0 Å². The van der Waals surface area contributed by atoms with Crippen LogP contribution >= 0.6 is 0 Å². The first-order valence-corrected chi connectivity index (χ1v) is 22.6. The molecule has 0 aliphatic heterocycles. The van der Waals surface area contributed by atoms with Crippen molar-refractivity contribution in [2.45, 2.75) is 79.1 Å². The summed E-state index contributed by atoms with van der Waals surface area (Å²) in [7, 11) is 0. The number of aromatic nitrogens is 2. The molecule has 6 rings (SSSR count). The highest BCUT2D eigenvalue weighted by Gasteiger charge is 2.08. The van der Waals surface area contributed by atoms with Crippen molar-refractivity contribution in [2.24, 2.45) is 20.5 Å². The summed E-state index contributed by atoms with van der Waals surface area (Å²) in [6, 6.07) is 41.2. The second-order valence-electron chi connectivity index (χ2n) is 15.6. The van der Waals surface area contributed by atoms with E-state index in [-0.39, 0.29) is 0 Å². The van der Waals surface area contributed by atoms with Crippen molar-refractivity contribution in [1.29, 1.82) is 0 Å². The fourth-order valence-electron chi connectivity index (χ4n) is 6.90. The molecule has 8 heteroatoms. The summed E-state index contributed by atoms with van der Waals surface area (Å²) in [4.78, 5) is 14.2. The van der Waals surface area contributed by atoms with E-state index in [0.717, 1.165) is 82.6 Å². The molecule has 4 aromatic carbocycles. The van der Waals surface area contributed by atoms with Crippen LogP contribution in [0.3, 0.4) is 0 Å². The topological polar surface area (TPSA) is 81.7 Å². The molecule has 0 aliphatic carbocycles. The molecule has 318 valence electrons. The molecule has 2 heterocycles. The van der Waals surface area contributed by atoms with Gasteiger partial charge >= 0.3 is 0 Å². The van der Waals surface area contributed by atoms with Gasteiger partial charge in [-0.3, -0.25) is 9.97 Å². The number of hydrogen-bond donors (Lipinski definition) is 0. The molecular formula is C54H62N8. The molecule has 0 radical (unpaired) electrons. The highest BCUT2D eigenvalue weighted by atomic mass is 15.1. The Labute approximate surface area is 369 Å². The summed E-state index contributed by atoms with van der Waals surface area (Å²) in [6.07, 6.45) is 21.6. The predicted molar refractivity (Wildman–Crippen MR) is 264 cm³/mol. The number of azo groups is 2. The van der Waals surface area contributed by atoms with E-state index in [4.69, 9.17) is 0 Å². The van der Waals surface area contributed by atoms with Crippen molar-refractivity contribution < 1.29 is 0 Å². The van der Waals surface area contributed by atoms with Gasteiger partial charge in [-0.15, -0.1) is 0 Å². The Bertz CT molecular complexity index is 2160. The first-order valence-electron chi connectivity index (χ1n) is 22.6. The van der Waals surface area contributed by atoms with Crippen molar-refractivity contribution in [3.05, 3.63) is 156 Å². The number of hydrogen-bond acceptors (Lipinski definition) is 8. The Hall–Kier alpha value is -6.54. The molecule has 0 amide bonds. The number of benzene rings is 4. The first kappa shape index (κ1) is 45.0. The zero-order chi connectivity index (χ0) is 43.2. The molecule has 0 saturated carbocycles. The molecule has 62 heavy (non-hydrogen) atoms. The van der Waals surface area contributed by atoms with Crippen LogP contribution in [0.15, 0.2) is 154 Å². The summed E-state index contributed by atoms with van der Waals surface area (Å²) in [5, 5.41) is 18.0. The van der Waals surface area contributed by atoms with E-state index >= 15 is 0 Å². The van der Waals surface area contributed by atoms with Crippen LogP contribution in [0.5, 0.6) is 0 Å². The summed E-state index contributed by atoms with van der Waals surface area (Å²) in [6.45, 7) is 13.3. The smallest absolute Gasteiger partial charge is 0.0892 e. The number of rotatable bonds is 23. The van der Waals surface area contributed by atoms with Crippen molar-refractivity contribution >= 4 is 58.4 Å². The summed E-state index contributed by atoms with van der Waals surface area (Å²) in [5.41, 5.74) is 11.7. The minimum absolute atomic E-state index is 0.813. The lowest BCUT2D eigenvalue weighted by molar-refractivity contribution is 0.678. The molecule has 0 N–H and O–H groups in total. The molecule has 0 fully saturated rings. The molecule has 0 unspecified atom stereocenters. The van der Waals surface area contributed by atoms with Gasteiger partial charge in [-0.05, 0) is 145 Å². The van der Waals surface area contributed by atoms with E-state index in [1.165, 1.54) is 62.7 Å². The molecule has 8 nitrogen and oxygen atoms in total. The molecule has 0 saturated heterocycles. The lowest BCUT2D eigenvalue weighted by Gasteiger charge is -2.24. The van der Waals surface area contributed by atoms with Gasteiger partial charge in [0.15, 0.2) is 0 Å². The monoisotopic (exact) mass is 823 g/mol. The van der Waals surface area contributed by atoms with Crippen molar-refractivity contribution in [3.8, 4) is 11.4 Å². The van der Waals surface area contributed by atoms with Gasteiger partial charge in [-0.25, -0.2) is 0 Å². The maximum Gasteiger partial charge on any atom is 0.0892 e. The number of nitrogens with zero attached hydrogens (tertiary/aromatic N) is 8. The Balaban J connectivity index is 1.01. The van der Waals surface area contributed by atoms with Crippen LogP contribution in [0.4, 0.5) is 34.1 Å². The summed E-state index contributed by atoms with van der Waals surface area (Å²) < 4.78 is 0. The van der Waals surface area contributed by atoms with E-state index in [1.807, 2.05) is 48.8 Å². The van der Waals surface area contributed by atoms with Crippen molar-refractivity contribution in [2.75, 3.05) is 36.0 Å². The fraction of sp³-hybridized carbons (Fsp3) is 0.296. The van der Waals surface area contributed by atoms with Crippen LogP contribution in [0, 0.1) is 0 Å².